The Morgan fingerprint density at radius 1 is 1.39 bits per heavy atom. The molecule has 1 amide bonds. The van der Waals surface area contributed by atoms with Crippen molar-refractivity contribution in [1.82, 2.24) is 14.7 Å². The van der Waals surface area contributed by atoms with Gasteiger partial charge in [0.25, 0.3) is 0 Å². The van der Waals surface area contributed by atoms with E-state index in [-0.39, 0.29) is 19.1 Å². The van der Waals surface area contributed by atoms with Crippen LogP contribution in [0.5, 0.6) is 0 Å². The topological polar surface area (TPSA) is 58.4 Å². The lowest BCUT2D eigenvalue weighted by Gasteiger charge is -2.20. The van der Waals surface area contributed by atoms with E-state index in [1.165, 1.54) is 6.08 Å². The summed E-state index contributed by atoms with van der Waals surface area (Å²) in [6, 6.07) is 9.67. The van der Waals surface area contributed by atoms with Crippen molar-refractivity contribution in [3.63, 3.8) is 0 Å². The highest BCUT2D eigenvalue weighted by Gasteiger charge is 2.12. The molecule has 1 N–H and O–H groups in total. The van der Waals surface area contributed by atoms with Crippen molar-refractivity contribution in [1.29, 1.82) is 0 Å². The summed E-state index contributed by atoms with van der Waals surface area (Å²) in [4.78, 5) is 14.0. The van der Waals surface area contributed by atoms with Crippen LogP contribution in [0.1, 0.15) is 16.8 Å². The molecule has 0 spiro atoms. The van der Waals surface area contributed by atoms with Gasteiger partial charge in [-0.15, -0.1) is 0 Å². The molecule has 5 nitrogen and oxygen atoms in total. The maximum atomic E-state index is 12.4. The molecule has 0 unspecified atom stereocenters. The maximum Gasteiger partial charge on any atom is 0.246 e. The first-order valence-electron chi connectivity index (χ1n) is 7.33. The summed E-state index contributed by atoms with van der Waals surface area (Å²) in [6.07, 6.45) is 3.14. The first-order chi connectivity index (χ1) is 11.0. The van der Waals surface area contributed by atoms with Crippen LogP contribution in [0.2, 0.25) is 5.15 Å². The second-order valence-electron chi connectivity index (χ2n) is 5.22. The third-order valence-corrected chi connectivity index (χ3v) is 3.93. The number of carbonyl (C=O) groups excluding carboxylic acids is 1. The lowest BCUT2D eigenvalue weighted by atomic mass is 10.2. The number of hydrogen-bond donors (Lipinski definition) is 1. The molecule has 122 valence electrons. The van der Waals surface area contributed by atoms with Gasteiger partial charge in [0, 0.05) is 31.8 Å². The Balaban J connectivity index is 2.13. The fourth-order valence-corrected chi connectivity index (χ4v) is 2.52. The van der Waals surface area contributed by atoms with E-state index in [4.69, 9.17) is 11.6 Å². The van der Waals surface area contributed by atoms with Gasteiger partial charge in [-0.3, -0.25) is 9.48 Å². The van der Waals surface area contributed by atoms with E-state index in [0.717, 1.165) is 16.8 Å². The first kappa shape index (κ1) is 17.2. The molecule has 0 atom stereocenters. The van der Waals surface area contributed by atoms with Crippen molar-refractivity contribution in [2.45, 2.75) is 13.5 Å². The van der Waals surface area contributed by atoms with Crippen molar-refractivity contribution in [2.75, 3.05) is 13.2 Å². The summed E-state index contributed by atoms with van der Waals surface area (Å²) in [6.45, 7) is 2.48. The highest BCUT2D eigenvalue weighted by molar-refractivity contribution is 6.31. The average molecular weight is 334 g/mol. The zero-order valence-corrected chi connectivity index (χ0v) is 14.0. The highest BCUT2D eigenvalue weighted by Crippen LogP contribution is 2.20. The van der Waals surface area contributed by atoms with Crippen molar-refractivity contribution in [2.24, 2.45) is 7.05 Å². The molecule has 0 saturated heterocycles. The van der Waals surface area contributed by atoms with Gasteiger partial charge in [0.05, 0.1) is 12.3 Å². The molecule has 2 aromatic rings. The quantitative estimate of drug-likeness (QED) is 0.826. The molecule has 1 aromatic heterocycles. The number of benzene rings is 1. The van der Waals surface area contributed by atoms with Crippen LogP contribution in [0.4, 0.5) is 0 Å². The molecule has 1 aromatic carbocycles. The van der Waals surface area contributed by atoms with Gasteiger partial charge in [-0.05, 0) is 18.6 Å². The van der Waals surface area contributed by atoms with Crippen LogP contribution in [0.15, 0.2) is 36.4 Å². The number of amides is 1. The molecule has 2 rings (SSSR count). The lowest BCUT2D eigenvalue weighted by molar-refractivity contribution is -0.127. The summed E-state index contributed by atoms with van der Waals surface area (Å²) in [5.41, 5.74) is 2.50. The third kappa shape index (κ3) is 4.43. The highest BCUT2D eigenvalue weighted by atomic mass is 35.5. The predicted molar refractivity (Wildman–Crippen MR) is 90.9 cm³/mol. The van der Waals surface area contributed by atoms with E-state index in [9.17, 15) is 9.90 Å². The number of carbonyl (C=O) groups is 1. The number of aromatic nitrogens is 2. The number of aliphatic hydroxyl groups excluding tert-OH is 1. The lowest BCUT2D eigenvalue weighted by Crippen LogP contribution is -2.31. The first-order valence-corrected chi connectivity index (χ1v) is 7.71. The van der Waals surface area contributed by atoms with Crippen molar-refractivity contribution >= 4 is 23.6 Å². The van der Waals surface area contributed by atoms with Crippen LogP contribution in [-0.2, 0) is 18.4 Å². The second-order valence-corrected chi connectivity index (χ2v) is 5.57. The van der Waals surface area contributed by atoms with E-state index < -0.39 is 0 Å². The maximum absolute atomic E-state index is 12.4. The Labute approximate surface area is 140 Å². The molecule has 0 aliphatic heterocycles. The van der Waals surface area contributed by atoms with Gasteiger partial charge in [0.15, 0.2) is 0 Å². The van der Waals surface area contributed by atoms with Gasteiger partial charge in [-0.25, -0.2) is 0 Å². The van der Waals surface area contributed by atoms with Crippen molar-refractivity contribution < 1.29 is 9.90 Å². The third-order valence-electron chi connectivity index (χ3n) is 3.49. The Bertz CT molecular complexity index is 695. The van der Waals surface area contributed by atoms with E-state index in [2.05, 4.69) is 5.10 Å². The molecule has 0 fully saturated rings. The minimum Gasteiger partial charge on any atom is -0.395 e. The molecule has 0 aliphatic rings. The smallest absolute Gasteiger partial charge is 0.246 e. The SMILES string of the molecule is Cc1nn(C)c(Cl)c1/C=C/C(=O)N(CCO)Cc1ccccc1. The van der Waals surface area contributed by atoms with E-state index in [1.807, 2.05) is 37.3 Å². The second kappa shape index (κ2) is 7.94. The molecular weight excluding hydrogens is 314 g/mol. The molecule has 6 heteroatoms. The Morgan fingerprint density at radius 3 is 2.65 bits per heavy atom. The monoisotopic (exact) mass is 333 g/mol. The Hall–Kier alpha value is -2.11. The predicted octanol–water partition coefficient (Wildman–Crippen LogP) is 2.42. The average Bonchev–Trinajstić information content (AvgIpc) is 2.78. The molecule has 23 heavy (non-hydrogen) atoms. The van der Waals surface area contributed by atoms with Gasteiger partial charge in [-0.2, -0.15) is 5.10 Å². The van der Waals surface area contributed by atoms with Crippen LogP contribution in [-0.4, -0.2) is 38.8 Å². The van der Waals surface area contributed by atoms with Crippen LogP contribution in [0, 0.1) is 6.92 Å². The summed E-state index contributed by atoms with van der Waals surface area (Å²) in [7, 11) is 1.75. The zero-order chi connectivity index (χ0) is 16.8. The van der Waals surface area contributed by atoms with Gasteiger partial charge >= 0.3 is 0 Å². The van der Waals surface area contributed by atoms with E-state index in [0.29, 0.717) is 11.7 Å². The zero-order valence-electron chi connectivity index (χ0n) is 13.2. The largest absolute Gasteiger partial charge is 0.395 e. The molecule has 1 heterocycles. The van der Waals surface area contributed by atoms with Crippen LogP contribution in [0.3, 0.4) is 0 Å². The Kier molecular flexibility index (Phi) is 5.96. The summed E-state index contributed by atoms with van der Waals surface area (Å²) < 4.78 is 1.57. The van der Waals surface area contributed by atoms with Crippen molar-refractivity contribution in [3.05, 3.63) is 58.4 Å². The normalized spacial score (nSPS) is 11.1. The van der Waals surface area contributed by atoms with Crippen LogP contribution < -0.4 is 0 Å². The molecule has 0 saturated carbocycles. The fraction of sp³-hybridized carbons (Fsp3) is 0.294. The van der Waals surface area contributed by atoms with Crippen LogP contribution >= 0.6 is 11.6 Å². The summed E-state index contributed by atoms with van der Waals surface area (Å²) >= 11 is 6.15. The number of aliphatic hydroxyl groups is 1. The molecule has 0 radical (unpaired) electrons. The fourth-order valence-electron chi connectivity index (χ4n) is 2.29. The number of aryl methyl sites for hydroxylation is 2. The van der Waals surface area contributed by atoms with Gasteiger partial charge in [0.2, 0.25) is 5.91 Å². The Morgan fingerprint density at radius 2 is 2.09 bits per heavy atom. The standard InChI is InChI=1S/C17H20ClN3O2/c1-13-15(17(18)20(2)19-13)8-9-16(23)21(10-11-22)12-14-6-4-3-5-7-14/h3-9,22H,10-12H2,1-2H3/b9-8+. The molecule has 0 aliphatic carbocycles. The molecular formula is C17H20ClN3O2. The van der Waals surface area contributed by atoms with Crippen LogP contribution in [0.25, 0.3) is 6.08 Å². The van der Waals surface area contributed by atoms with Gasteiger partial charge < -0.3 is 10.0 Å². The van der Waals surface area contributed by atoms with Gasteiger partial charge in [-0.1, -0.05) is 41.9 Å². The number of halogens is 1. The number of rotatable bonds is 6. The number of nitrogens with zero attached hydrogens (tertiary/aromatic N) is 3. The summed E-state index contributed by atoms with van der Waals surface area (Å²) in [5.74, 6) is -0.178. The van der Waals surface area contributed by atoms with E-state index in [1.54, 1.807) is 22.7 Å². The summed E-state index contributed by atoms with van der Waals surface area (Å²) in [5, 5.41) is 13.9. The minimum absolute atomic E-state index is 0.0842. The van der Waals surface area contributed by atoms with Crippen molar-refractivity contribution in [3.8, 4) is 0 Å². The van der Waals surface area contributed by atoms with Gasteiger partial charge in [0.1, 0.15) is 5.15 Å². The molecule has 0 bridgehead atoms. The minimum atomic E-state index is -0.178. The van der Waals surface area contributed by atoms with E-state index >= 15 is 0 Å². The number of hydrogen-bond acceptors (Lipinski definition) is 3.